The number of anilines is 2. The SMILES string of the molecule is CCCCCCCCC(c1ccc(N)cc1)c1ccc(C(CCC(CCCCCCC)C2CCCCC2)c2ccc(C(CCCCCCCC)c3ccc(N)cc3)cc2)cc1. The molecule has 334 valence electrons. The van der Waals surface area contributed by atoms with E-state index in [1.165, 1.54) is 207 Å². The monoisotopic (exact) mass is 825 g/mol. The Labute approximate surface area is 375 Å². The molecular formula is C59H88N2. The van der Waals surface area contributed by atoms with Gasteiger partial charge in [-0.25, -0.2) is 0 Å². The average molecular weight is 825 g/mol. The van der Waals surface area contributed by atoms with E-state index in [4.69, 9.17) is 11.5 Å². The molecular weight excluding hydrogens is 737 g/mol. The summed E-state index contributed by atoms with van der Waals surface area (Å²) in [5, 5.41) is 0. The first-order valence-electron chi connectivity index (χ1n) is 25.9. The van der Waals surface area contributed by atoms with Crippen molar-refractivity contribution in [2.45, 2.75) is 212 Å². The zero-order valence-electron chi connectivity index (χ0n) is 39.4. The Balaban J connectivity index is 1.41. The Morgan fingerprint density at radius 1 is 0.344 bits per heavy atom. The summed E-state index contributed by atoms with van der Waals surface area (Å²) >= 11 is 0. The molecule has 0 heterocycles. The van der Waals surface area contributed by atoms with Crippen LogP contribution >= 0.6 is 0 Å². The van der Waals surface area contributed by atoms with Crippen LogP contribution < -0.4 is 11.5 Å². The summed E-state index contributed by atoms with van der Waals surface area (Å²) in [7, 11) is 0. The first-order valence-corrected chi connectivity index (χ1v) is 25.9. The van der Waals surface area contributed by atoms with E-state index in [0.29, 0.717) is 17.8 Å². The van der Waals surface area contributed by atoms with Gasteiger partial charge in [-0.1, -0.05) is 241 Å². The molecule has 61 heavy (non-hydrogen) atoms. The highest BCUT2D eigenvalue weighted by Gasteiger charge is 2.26. The van der Waals surface area contributed by atoms with Crippen LogP contribution in [0.1, 0.15) is 245 Å². The van der Waals surface area contributed by atoms with Gasteiger partial charge < -0.3 is 11.5 Å². The Bertz CT molecular complexity index is 1570. The normalized spacial score (nSPS) is 15.4. The fourth-order valence-corrected chi connectivity index (χ4v) is 10.8. The van der Waals surface area contributed by atoms with E-state index in [9.17, 15) is 0 Å². The van der Waals surface area contributed by atoms with E-state index >= 15 is 0 Å². The molecule has 0 radical (unpaired) electrons. The predicted molar refractivity (Wildman–Crippen MR) is 269 cm³/mol. The minimum absolute atomic E-state index is 0.399. The molecule has 0 amide bonds. The Morgan fingerprint density at radius 3 is 1.00 bits per heavy atom. The lowest BCUT2D eigenvalue weighted by molar-refractivity contribution is 0.214. The predicted octanol–water partition coefficient (Wildman–Crippen LogP) is 18.1. The highest BCUT2D eigenvalue weighted by atomic mass is 14.5. The van der Waals surface area contributed by atoms with Gasteiger partial charge in [0.2, 0.25) is 0 Å². The van der Waals surface area contributed by atoms with Crippen molar-refractivity contribution < 1.29 is 0 Å². The van der Waals surface area contributed by atoms with E-state index in [-0.39, 0.29) is 0 Å². The first kappa shape index (κ1) is 48.5. The van der Waals surface area contributed by atoms with Gasteiger partial charge >= 0.3 is 0 Å². The molecule has 0 aromatic heterocycles. The Hall–Kier alpha value is -3.52. The maximum atomic E-state index is 6.18. The lowest BCUT2D eigenvalue weighted by atomic mass is 9.73. The summed E-state index contributed by atoms with van der Waals surface area (Å²) in [5.41, 5.74) is 22.7. The van der Waals surface area contributed by atoms with Crippen LogP contribution in [-0.2, 0) is 0 Å². The topological polar surface area (TPSA) is 52.0 Å². The number of nitrogens with two attached hydrogens (primary N) is 2. The first-order chi connectivity index (χ1) is 30.0. The van der Waals surface area contributed by atoms with E-state index in [2.05, 4.69) is 118 Å². The Morgan fingerprint density at radius 2 is 0.639 bits per heavy atom. The number of hydrogen-bond acceptors (Lipinski definition) is 2. The maximum absolute atomic E-state index is 6.18. The van der Waals surface area contributed by atoms with Gasteiger partial charge in [0.15, 0.2) is 0 Å². The summed E-state index contributed by atoms with van der Waals surface area (Å²) in [4.78, 5) is 0. The summed E-state index contributed by atoms with van der Waals surface area (Å²) in [6.45, 7) is 6.95. The summed E-state index contributed by atoms with van der Waals surface area (Å²) in [5.74, 6) is 2.96. The minimum Gasteiger partial charge on any atom is -0.399 e. The molecule has 1 fully saturated rings. The van der Waals surface area contributed by atoms with Crippen LogP contribution in [0.2, 0.25) is 0 Å². The lowest BCUT2D eigenvalue weighted by Gasteiger charge is -2.32. The third-order valence-electron chi connectivity index (χ3n) is 14.7. The Kier molecular flexibility index (Phi) is 22.4. The van der Waals surface area contributed by atoms with Crippen molar-refractivity contribution >= 4 is 11.4 Å². The quantitative estimate of drug-likeness (QED) is 0.0406. The molecule has 2 heteroatoms. The molecule has 2 nitrogen and oxygen atoms in total. The molecule has 0 saturated heterocycles. The minimum atomic E-state index is 0.399. The molecule has 1 saturated carbocycles. The number of unbranched alkanes of at least 4 members (excludes halogenated alkanes) is 14. The van der Waals surface area contributed by atoms with Crippen LogP contribution in [0.3, 0.4) is 0 Å². The van der Waals surface area contributed by atoms with E-state index in [1.807, 2.05) is 0 Å². The third kappa shape index (κ3) is 16.6. The van der Waals surface area contributed by atoms with E-state index in [1.54, 1.807) is 0 Å². The van der Waals surface area contributed by atoms with Gasteiger partial charge in [-0.05, 0) is 95.2 Å². The van der Waals surface area contributed by atoms with Crippen molar-refractivity contribution in [1.82, 2.24) is 0 Å². The second-order valence-corrected chi connectivity index (χ2v) is 19.4. The largest absolute Gasteiger partial charge is 0.399 e. The molecule has 1 aliphatic carbocycles. The summed E-state index contributed by atoms with van der Waals surface area (Å²) in [6.07, 6.45) is 36.4. The van der Waals surface area contributed by atoms with Gasteiger partial charge in [0.25, 0.3) is 0 Å². The molecule has 0 aliphatic heterocycles. The van der Waals surface area contributed by atoms with Crippen LogP contribution in [0.15, 0.2) is 97.1 Å². The van der Waals surface area contributed by atoms with Crippen molar-refractivity contribution in [3.8, 4) is 0 Å². The second-order valence-electron chi connectivity index (χ2n) is 19.4. The van der Waals surface area contributed by atoms with Crippen molar-refractivity contribution in [2.24, 2.45) is 11.8 Å². The summed E-state index contributed by atoms with van der Waals surface area (Å²) in [6, 6.07) is 37.4. The highest BCUT2D eigenvalue weighted by molar-refractivity contribution is 5.45. The van der Waals surface area contributed by atoms with Gasteiger partial charge in [0.05, 0.1) is 0 Å². The van der Waals surface area contributed by atoms with Crippen molar-refractivity contribution in [1.29, 1.82) is 0 Å². The molecule has 4 N–H and O–H groups in total. The summed E-state index contributed by atoms with van der Waals surface area (Å²) < 4.78 is 0. The zero-order valence-corrected chi connectivity index (χ0v) is 39.4. The van der Waals surface area contributed by atoms with Crippen molar-refractivity contribution in [2.75, 3.05) is 11.5 Å². The molecule has 5 rings (SSSR count). The van der Waals surface area contributed by atoms with Gasteiger partial charge in [0.1, 0.15) is 0 Å². The van der Waals surface area contributed by atoms with Crippen LogP contribution in [0.5, 0.6) is 0 Å². The molecule has 0 bridgehead atoms. The zero-order chi connectivity index (χ0) is 42.9. The lowest BCUT2D eigenvalue weighted by Crippen LogP contribution is -2.19. The second kappa shape index (κ2) is 28.2. The molecule has 0 spiro atoms. The van der Waals surface area contributed by atoms with Crippen molar-refractivity contribution in [3.63, 3.8) is 0 Å². The number of hydrogen-bond donors (Lipinski definition) is 2. The smallest absolute Gasteiger partial charge is 0.0314 e. The van der Waals surface area contributed by atoms with Gasteiger partial charge in [-0.3, -0.25) is 0 Å². The number of benzene rings is 4. The average Bonchev–Trinajstić information content (AvgIpc) is 3.29. The molecule has 4 aromatic carbocycles. The van der Waals surface area contributed by atoms with Gasteiger partial charge in [0, 0.05) is 29.1 Å². The molecule has 3 unspecified atom stereocenters. The van der Waals surface area contributed by atoms with Gasteiger partial charge in [-0.15, -0.1) is 0 Å². The standard InChI is InChI=1S/C59H88N2/c1-4-7-10-13-16-22-27-57(53-37-42-55(60)43-38-53)49-29-33-51(34-30-49)59(46-41-48(26-19-15-12-9-6-3)47-24-20-18-21-25-47)52-35-31-50(32-36-52)58(28-23-17-14-11-8-5-2)54-39-44-56(61)45-40-54/h29-40,42-45,47-48,57-59H,4-28,41,46,60-61H2,1-3H3. The van der Waals surface area contributed by atoms with E-state index in [0.717, 1.165) is 23.2 Å². The third-order valence-corrected chi connectivity index (χ3v) is 14.7. The maximum Gasteiger partial charge on any atom is 0.0314 e. The molecule has 4 aromatic rings. The number of rotatable bonds is 30. The van der Waals surface area contributed by atoms with Crippen LogP contribution in [0.4, 0.5) is 11.4 Å². The van der Waals surface area contributed by atoms with Crippen LogP contribution in [0.25, 0.3) is 0 Å². The molecule has 1 aliphatic rings. The van der Waals surface area contributed by atoms with E-state index < -0.39 is 0 Å². The fraction of sp³-hybridized carbons (Fsp3) is 0.593. The van der Waals surface area contributed by atoms with Crippen LogP contribution in [0, 0.1) is 11.8 Å². The van der Waals surface area contributed by atoms with Crippen molar-refractivity contribution in [3.05, 3.63) is 130 Å². The highest BCUT2D eigenvalue weighted by Crippen LogP contribution is 2.41. The van der Waals surface area contributed by atoms with Crippen LogP contribution in [-0.4, -0.2) is 0 Å². The fourth-order valence-electron chi connectivity index (χ4n) is 10.8. The van der Waals surface area contributed by atoms with Gasteiger partial charge in [-0.2, -0.15) is 0 Å². The molecule has 3 atom stereocenters. The number of nitrogen functional groups attached to an aromatic ring is 2.